The average molecular weight is 229 g/mol. The van der Waals surface area contributed by atoms with Gasteiger partial charge in [-0.15, -0.1) is 0 Å². The van der Waals surface area contributed by atoms with Gasteiger partial charge >= 0.3 is 0 Å². The molecule has 76 valence electrons. The van der Waals surface area contributed by atoms with Gasteiger partial charge in [-0.1, -0.05) is 23.5 Å². The van der Waals surface area contributed by atoms with Gasteiger partial charge in [0.05, 0.1) is 5.69 Å². The molecule has 0 N–H and O–H groups in total. The van der Waals surface area contributed by atoms with Crippen molar-refractivity contribution in [2.24, 2.45) is 4.99 Å². The van der Waals surface area contributed by atoms with Crippen molar-refractivity contribution in [2.75, 3.05) is 13.3 Å². The van der Waals surface area contributed by atoms with Crippen LogP contribution in [0.4, 0.5) is 5.69 Å². The second kappa shape index (κ2) is 5.27. The van der Waals surface area contributed by atoms with Gasteiger partial charge in [0, 0.05) is 18.3 Å². The molecule has 1 aromatic rings. The van der Waals surface area contributed by atoms with E-state index >= 15 is 0 Å². The molecular formula is C10H13ClN2S. The highest BCUT2D eigenvalue weighted by atomic mass is 35.5. The van der Waals surface area contributed by atoms with Crippen LogP contribution in [0.1, 0.15) is 5.56 Å². The van der Waals surface area contributed by atoms with Crippen molar-refractivity contribution in [2.45, 2.75) is 6.92 Å². The van der Waals surface area contributed by atoms with Crippen LogP contribution in [0.15, 0.2) is 23.2 Å². The van der Waals surface area contributed by atoms with Crippen molar-refractivity contribution in [3.63, 3.8) is 0 Å². The lowest BCUT2D eigenvalue weighted by atomic mass is 10.2. The molecule has 0 aromatic heterocycles. The van der Waals surface area contributed by atoms with Crippen LogP contribution < -0.4 is 0 Å². The minimum absolute atomic E-state index is 0.750. The first kappa shape index (κ1) is 11.4. The van der Waals surface area contributed by atoms with Crippen LogP contribution in [0.2, 0.25) is 5.02 Å². The zero-order valence-corrected chi connectivity index (χ0v) is 10.1. The van der Waals surface area contributed by atoms with Crippen molar-refractivity contribution in [1.82, 2.24) is 4.31 Å². The molecule has 0 atom stereocenters. The molecule has 1 aromatic carbocycles. The highest BCUT2D eigenvalue weighted by Crippen LogP contribution is 2.22. The zero-order chi connectivity index (χ0) is 10.6. The lowest BCUT2D eigenvalue weighted by Gasteiger charge is -2.07. The molecule has 14 heavy (non-hydrogen) atoms. The molecule has 0 fully saturated rings. The van der Waals surface area contributed by atoms with Gasteiger partial charge in [-0.25, -0.2) is 4.99 Å². The summed E-state index contributed by atoms with van der Waals surface area (Å²) in [5, 5.41) is 0.750. The molecule has 0 amide bonds. The van der Waals surface area contributed by atoms with Crippen molar-refractivity contribution < 1.29 is 0 Å². The maximum absolute atomic E-state index is 5.84. The first-order chi connectivity index (χ1) is 6.63. The summed E-state index contributed by atoms with van der Waals surface area (Å²) in [5.41, 5.74) is 2.04. The number of aliphatic imine (C=N–C) groups is 1. The summed E-state index contributed by atoms with van der Waals surface area (Å²) < 4.78 is 1.94. The minimum atomic E-state index is 0.750. The van der Waals surface area contributed by atoms with Gasteiger partial charge in [0.2, 0.25) is 0 Å². The fraction of sp³-hybridized carbons (Fsp3) is 0.300. The predicted octanol–water partition coefficient (Wildman–Crippen LogP) is 3.52. The Bertz CT molecular complexity index is 339. The number of hydrogen-bond acceptors (Lipinski definition) is 2. The molecule has 0 saturated carbocycles. The number of rotatable bonds is 3. The molecule has 0 radical (unpaired) electrons. The zero-order valence-electron chi connectivity index (χ0n) is 8.49. The van der Waals surface area contributed by atoms with E-state index in [9.17, 15) is 0 Å². The molecule has 0 heterocycles. The van der Waals surface area contributed by atoms with E-state index < -0.39 is 0 Å². The van der Waals surface area contributed by atoms with E-state index in [2.05, 4.69) is 4.99 Å². The number of aryl methyl sites for hydroxylation is 1. The summed E-state index contributed by atoms with van der Waals surface area (Å²) in [5.74, 6) is 0. The van der Waals surface area contributed by atoms with E-state index in [4.69, 9.17) is 11.6 Å². The molecule has 4 heteroatoms. The quantitative estimate of drug-likeness (QED) is 0.447. The molecule has 0 aliphatic rings. The van der Waals surface area contributed by atoms with E-state index in [0.29, 0.717) is 0 Å². The number of hydrogen-bond donors (Lipinski definition) is 0. The summed E-state index contributed by atoms with van der Waals surface area (Å²) >= 11 is 7.45. The Hall–Kier alpha value is -0.670. The maximum Gasteiger partial charge on any atom is 0.101 e. The largest absolute Gasteiger partial charge is 0.310 e. The van der Waals surface area contributed by atoms with Crippen LogP contribution in [-0.2, 0) is 0 Å². The van der Waals surface area contributed by atoms with Crippen LogP contribution in [0.25, 0.3) is 0 Å². The van der Waals surface area contributed by atoms with E-state index in [0.717, 1.165) is 16.3 Å². The lowest BCUT2D eigenvalue weighted by molar-refractivity contribution is 0.875. The molecule has 0 aliphatic heterocycles. The van der Waals surface area contributed by atoms with Crippen molar-refractivity contribution in [1.29, 1.82) is 0 Å². The van der Waals surface area contributed by atoms with Crippen molar-refractivity contribution >= 4 is 35.6 Å². The van der Waals surface area contributed by atoms with E-state index in [1.54, 1.807) is 18.3 Å². The van der Waals surface area contributed by atoms with Crippen LogP contribution in [-0.4, -0.2) is 23.9 Å². The summed E-state index contributed by atoms with van der Waals surface area (Å²) in [6.07, 6.45) is 3.79. The topological polar surface area (TPSA) is 15.6 Å². The third kappa shape index (κ3) is 3.24. The molecule has 2 nitrogen and oxygen atoms in total. The van der Waals surface area contributed by atoms with Crippen LogP contribution >= 0.6 is 23.5 Å². The highest BCUT2D eigenvalue weighted by molar-refractivity contribution is 7.96. The molecule has 0 spiro atoms. The third-order valence-corrected chi connectivity index (χ3v) is 2.71. The normalized spacial score (nSPS) is 10.9. The summed E-state index contributed by atoms with van der Waals surface area (Å²) in [7, 11) is 1.96. The monoisotopic (exact) mass is 228 g/mol. The van der Waals surface area contributed by atoms with E-state index in [1.807, 2.05) is 42.7 Å². The average Bonchev–Trinajstić information content (AvgIpc) is 2.16. The number of nitrogens with zero attached hydrogens (tertiary/aromatic N) is 2. The van der Waals surface area contributed by atoms with Gasteiger partial charge in [0.1, 0.15) is 6.34 Å². The molecule has 1 rings (SSSR count). The van der Waals surface area contributed by atoms with Gasteiger partial charge in [-0.05, 0) is 30.7 Å². The summed E-state index contributed by atoms with van der Waals surface area (Å²) in [6, 6.07) is 5.68. The van der Waals surface area contributed by atoms with Gasteiger partial charge in [0.25, 0.3) is 0 Å². The van der Waals surface area contributed by atoms with Gasteiger partial charge in [-0.3, -0.25) is 0 Å². The summed E-state index contributed by atoms with van der Waals surface area (Å²) in [4.78, 5) is 4.34. The fourth-order valence-electron chi connectivity index (χ4n) is 0.954. The Morgan fingerprint density at radius 3 is 2.79 bits per heavy atom. The highest BCUT2D eigenvalue weighted by Gasteiger charge is 1.96. The molecule has 0 bridgehead atoms. The first-order valence-electron chi connectivity index (χ1n) is 4.21. The lowest BCUT2D eigenvalue weighted by Crippen LogP contribution is -2.03. The standard InChI is InChI=1S/C10H13ClN2S/c1-8-6-9(11)4-5-10(8)12-7-13(2)14-3/h4-7H,1-3H3. The van der Waals surface area contributed by atoms with E-state index in [-0.39, 0.29) is 0 Å². The Kier molecular flexibility index (Phi) is 4.29. The third-order valence-electron chi connectivity index (χ3n) is 1.81. The Morgan fingerprint density at radius 2 is 2.21 bits per heavy atom. The minimum Gasteiger partial charge on any atom is -0.310 e. The van der Waals surface area contributed by atoms with Gasteiger partial charge in [-0.2, -0.15) is 0 Å². The second-order valence-electron chi connectivity index (χ2n) is 2.90. The molecular weight excluding hydrogens is 216 g/mol. The number of benzene rings is 1. The van der Waals surface area contributed by atoms with Gasteiger partial charge < -0.3 is 4.31 Å². The summed E-state index contributed by atoms with van der Waals surface area (Å²) in [6.45, 7) is 2.00. The van der Waals surface area contributed by atoms with Crippen molar-refractivity contribution in [3.05, 3.63) is 28.8 Å². The molecule has 0 saturated heterocycles. The maximum atomic E-state index is 5.84. The fourth-order valence-corrected chi connectivity index (χ4v) is 1.32. The Labute approximate surface area is 94.1 Å². The Morgan fingerprint density at radius 1 is 1.50 bits per heavy atom. The molecule has 0 aliphatic carbocycles. The van der Waals surface area contributed by atoms with Gasteiger partial charge in [0.15, 0.2) is 0 Å². The Balaban J connectivity index is 2.82. The number of halogens is 1. The van der Waals surface area contributed by atoms with Crippen LogP contribution in [0, 0.1) is 6.92 Å². The smallest absolute Gasteiger partial charge is 0.101 e. The SMILES string of the molecule is CSN(C)C=Nc1ccc(Cl)cc1C. The van der Waals surface area contributed by atoms with Crippen LogP contribution in [0.5, 0.6) is 0 Å². The van der Waals surface area contributed by atoms with Crippen molar-refractivity contribution in [3.8, 4) is 0 Å². The first-order valence-corrected chi connectivity index (χ1v) is 5.76. The predicted molar refractivity (Wildman–Crippen MR) is 65.6 cm³/mol. The van der Waals surface area contributed by atoms with E-state index in [1.165, 1.54) is 0 Å². The van der Waals surface area contributed by atoms with Crippen LogP contribution in [0.3, 0.4) is 0 Å². The second-order valence-corrected chi connectivity index (χ2v) is 4.28. The molecule has 0 unspecified atom stereocenters.